The minimum absolute atomic E-state index is 0.00514. The second-order valence-electron chi connectivity index (χ2n) is 6.06. The highest BCUT2D eigenvalue weighted by molar-refractivity contribution is 7.09. The highest BCUT2D eigenvalue weighted by atomic mass is 32.1. The number of anilines is 1. The quantitative estimate of drug-likeness (QED) is 0.854. The molecule has 128 valence electrons. The smallest absolute Gasteiger partial charge is 0.273 e. The number of fused-ring (bicyclic) bond motifs is 1. The van der Waals surface area contributed by atoms with Crippen molar-refractivity contribution in [2.24, 2.45) is 0 Å². The maximum Gasteiger partial charge on any atom is 0.273 e. The summed E-state index contributed by atoms with van der Waals surface area (Å²) in [6.45, 7) is 4.02. The molecule has 1 atom stereocenters. The van der Waals surface area contributed by atoms with Gasteiger partial charge in [0.1, 0.15) is 10.7 Å². The fourth-order valence-electron chi connectivity index (χ4n) is 3.18. The van der Waals surface area contributed by atoms with Crippen molar-refractivity contribution >= 4 is 22.9 Å². The Morgan fingerprint density at radius 2 is 2.21 bits per heavy atom. The number of ether oxygens (including phenoxy) is 1. The van der Waals surface area contributed by atoms with Gasteiger partial charge in [-0.25, -0.2) is 4.98 Å². The minimum Gasteiger partial charge on any atom is -0.378 e. The number of nitrogens with zero attached hydrogens (tertiary/aromatic N) is 3. The van der Waals surface area contributed by atoms with Gasteiger partial charge in [-0.3, -0.25) is 4.79 Å². The van der Waals surface area contributed by atoms with Gasteiger partial charge in [-0.05, 0) is 18.1 Å². The fraction of sp³-hybridized carbons (Fsp3) is 0.444. The summed E-state index contributed by atoms with van der Waals surface area (Å²) in [5, 5.41) is 2.67. The van der Waals surface area contributed by atoms with Gasteiger partial charge >= 0.3 is 0 Å². The Morgan fingerprint density at radius 3 is 2.96 bits per heavy atom. The van der Waals surface area contributed by atoms with Gasteiger partial charge in [0.05, 0.1) is 6.61 Å². The van der Waals surface area contributed by atoms with Crippen LogP contribution in [0.25, 0.3) is 0 Å². The molecule has 2 aromatic rings. The molecule has 0 bridgehead atoms. The van der Waals surface area contributed by atoms with E-state index in [2.05, 4.69) is 36.0 Å². The third kappa shape index (κ3) is 3.30. The molecule has 1 aromatic carbocycles. The monoisotopic (exact) mass is 345 g/mol. The zero-order valence-electron chi connectivity index (χ0n) is 14.4. The number of carbonyl (C=O) groups is 1. The number of methoxy groups -OCH3 is 1. The predicted molar refractivity (Wildman–Crippen MR) is 96.5 cm³/mol. The van der Waals surface area contributed by atoms with Gasteiger partial charge in [-0.1, -0.05) is 25.1 Å². The second-order valence-corrected chi connectivity index (χ2v) is 7.01. The van der Waals surface area contributed by atoms with Gasteiger partial charge in [-0.15, -0.1) is 11.3 Å². The molecule has 0 unspecified atom stereocenters. The highest BCUT2D eigenvalue weighted by Crippen LogP contribution is 2.28. The first-order valence-electron chi connectivity index (χ1n) is 8.17. The van der Waals surface area contributed by atoms with E-state index in [9.17, 15) is 4.79 Å². The van der Waals surface area contributed by atoms with Crippen molar-refractivity contribution in [3.63, 3.8) is 0 Å². The number of hydrogen-bond donors (Lipinski definition) is 0. The average molecular weight is 345 g/mol. The lowest BCUT2D eigenvalue weighted by Crippen LogP contribution is -2.43. The molecule has 1 aromatic heterocycles. The first-order chi connectivity index (χ1) is 11.6. The van der Waals surface area contributed by atoms with Crippen LogP contribution >= 0.6 is 11.3 Å². The van der Waals surface area contributed by atoms with Crippen molar-refractivity contribution < 1.29 is 9.53 Å². The van der Waals surface area contributed by atoms with Gasteiger partial charge in [0.2, 0.25) is 0 Å². The summed E-state index contributed by atoms with van der Waals surface area (Å²) in [6, 6.07) is 8.46. The number of benzene rings is 1. The topological polar surface area (TPSA) is 45.7 Å². The van der Waals surface area contributed by atoms with Crippen molar-refractivity contribution in [2.45, 2.75) is 32.5 Å². The summed E-state index contributed by atoms with van der Waals surface area (Å²) in [6.07, 6.45) is 0.916. The molecular weight excluding hydrogens is 322 g/mol. The third-order valence-electron chi connectivity index (χ3n) is 4.44. The van der Waals surface area contributed by atoms with Crippen molar-refractivity contribution in [2.75, 3.05) is 25.6 Å². The van der Waals surface area contributed by atoms with Crippen molar-refractivity contribution in [3.05, 3.63) is 45.9 Å². The minimum atomic E-state index is 0.00514. The van der Waals surface area contributed by atoms with E-state index in [4.69, 9.17) is 4.74 Å². The van der Waals surface area contributed by atoms with Gasteiger partial charge in [0.15, 0.2) is 0 Å². The van der Waals surface area contributed by atoms with Crippen LogP contribution in [0.2, 0.25) is 0 Å². The van der Waals surface area contributed by atoms with Crippen LogP contribution in [-0.2, 0) is 17.9 Å². The summed E-state index contributed by atoms with van der Waals surface area (Å²) in [5.41, 5.74) is 2.90. The highest BCUT2D eigenvalue weighted by Gasteiger charge is 2.30. The molecular formula is C18H23N3O2S. The Kier molecular flexibility index (Phi) is 5.16. The number of aromatic nitrogens is 1. The zero-order valence-corrected chi connectivity index (χ0v) is 15.2. The Labute approximate surface area is 146 Å². The van der Waals surface area contributed by atoms with Crippen molar-refractivity contribution in [1.82, 2.24) is 9.88 Å². The van der Waals surface area contributed by atoms with Gasteiger partial charge < -0.3 is 14.5 Å². The molecule has 24 heavy (non-hydrogen) atoms. The van der Waals surface area contributed by atoms with Crippen LogP contribution in [-0.4, -0.2) is 42.5 Å². The SMILES string of the molecule is CC[C@@H]1CN(C)c2ccccc2CN1C(=O)c1csc(COC)n1. The Bertz CT molecular complexity index is 716. The van der Waals surface area contributed by atoms with E-state index in [0.29, 0.717) is 18.8 Å². The Hall–Kier alpha value is -1.92. The van der Waals surface area contributed by atoms with Crippen LogP contribution in [0.15, 0.2) is 29.6 Å². The Morgan fingerprint density at radius 1 is 1.42 bits per heavy atom. The van der Waals surface area contributed by atoms with E-state index in [1.54, 1.807) is 7.11 Å². The lowest BCUT2D eigenvalue weighted by molar-refractivity contribution is 0.0662. The van der Waals surface area contributed by atoms with E-state index in [1.165, 1.54) is 22.6 Å². The van der Waals surface area contributed by atoms with E-state index in [-0.39, 0.29) is 11.9 Å². The molecule has 0 radical (unpaired) electrons. The normalized spacial score (nSPS) is 17.5. The molecule has 5 nitrogen and oxygen atoms in total. The van der Waals surface area contributed by atoms with E-state index in [1.807, 2.05) is 22.4 Å². The molecule has 0 saturated carbocycles. The summed E-state index contributed by atoms with van der Waals surface area (Å²) in [7, 11) is 3.73. The molecule has 0 aliphatic carbocycles. The van der Waals surface area contributed by atoms with Gasteiger partial charge in [0.25, 0.3) is 5.91 Å². The van der Waals surface area contributed by atoms with Crippen LogP contribution in [0.1, 0.15) is 34.4 Å². The van der Waals surface area contributed by atoms with Crippen LogP contribution in [0.4, 0.5) is 5.69 Å². The molecule has 0 saturated heterocycles. The predicted octanol–water partition coefficient (Wildman–Crippen LogP) is 3.16. The number of thiazole rings is 1. The molecule has 1 aliphatic rings. The average Bonchev–Trinajstić information content (AvgIpc) is 3.00. The first kappa shape index (κ1) is 16.9. The van der Waals surface area contributed by atoms with Gasteiger partial charge in [-0.2, -0.15) is 0 Å². The van der Waals surface area contributed by atoms with Crippen LogP contribution in [0, 0.1) is 0 Å². The zero-order chi connectivity index (χ0) is 17.1. The maximum atomic E-state index is 13.1. The molecule has 0 spiro atoms. The molecule has 6 heteroatoms. The van der Waals surface area contributed by atoms with Crippen LogP contribution in [0.3, 0.4) is 0 Å². The number of hydrogen-bond acceptors (Lipinski definition) is 5. The molecule has 2 heterocycles. The van der Waals surface area contributed by atoms with Crippen molar-refractivity contribution in [3.8, 4) is 0 Å². The number of amides is 1. The molecule has 1 aliphatic heterocycles. The van der Waals surface area contributed by atoms with Crippen LogP contribution in [0.5, 0.6) is 0 Å². The largest absolute Gasteiger partial charge is 0.378 e. The molecule has 1 amide bonds. The summed E-state index contributed by atoms with van der Waals surface area (Å²) < 4.78 is 5.11. The van der Waals surface area contributed by atoms with E-state index in [0.717, 1.165) is 18.0 Å². The maximum absolute atomic E-state index is 13.1. The lowest BCUT2D eigenvalue weighted by Gasteiger charge is -2.30. The number of carbonyl (C=O) groups excluding carboxylic acids is 1. The summed E-state index contributed by atoms with van der Waals surface area (Å²) in [5.74, 6) is 0.00514. The Balaban J connectivity index is 1.90. The number of rotatable bonds is 4. The number of likely N-dealkylation sites (N-methyl/N-ethyl adjacent to an activating group) is 1. The molecule has 0 fully saturated rings. The van der Waals surface area contributed by atoms with Gasteiger partial charge in [0, 0.05) is 44.4 Å². The summed E-state index contributed by atoms with van der Waals surface area (Å²) >= 11 is 1.47. The third-order valence-corrected chi connectivity index (χ3v) is 5.26. The first-order valence-corrected chi connectivity index (χ1v) is 9.05. The summed E-state index contributed by atoms with van der Waals surface area (Å²) in [4.78, 5) is 21.7. The standard InChI is InChI=1S/C18H23N3O2S/c1-4-14-10-20(2)16-8-6-5-7-13(16)9-21(14)18(22)15-12-24-17(19-15)11-23-3/h5-8,12,14H,4,9-11H2,1-3H3/t14-/m1/s1. The van der Waals surface area contributed by atoms with Crippen molar-refractivity contribution in [1.29, 1.82) is 0 Å². The fourth-order valence-corrected chi connectivity index (χ4v) is 3.91. The van der Waals surface area contributed by atoms with E-state index >= 15 is 0 Å². The number of para-hydroxylation sites is 1. The second kappa shape index (κ2) is 7.32. The lowest BCUT2D eigenvalue weighted by atomic mass is 10.1. The van der Waals surface area contributed by atoms with E-state index < -0.39 is 0 Å². The molecule has 3 rings (SSSR count). The molecule has 0 N–H and O–H groups in total. The van der Waals surface area contributed by atoms with Crippen LogP contribution < -0.4 is 4.90 Å².